The van der Waals surface area contributed by atoms with Crippen LogP contribution in [0.1, 0.15) is 42.5 Å². The number of amides is 1. The summed E-state index contributed by atoms with van der Waals surface area (Å²) in [5.74, 6) is -1.29. The molecule has 3 rings (SSSR count). The number of carbonyl (C=O) groups is 2. The molecule has 0 unspecified atom stereocenters. The number of likely N-dealkylation sites (tertiary alicyclic amines) is 1. The van der Waals surface area contributed by atoms with Gasteiger partial charge in [0, 0.05) is 31.9 Å². The first-order valence-corrected chi connectivity index (χ1v) is 9.98. The Balaban J connectivity index is 2.13. The predicted octanol–water partition coefficient (Wildman–Crippen LogP) is 4.28. The molecule has 0 aliphatic carbocycles. The number of aliphatic hydroxyl groups excluding tert-OH is 1. The third kappa shape index (κ3) is 4.04. The minimum absolute atomic E-state index is 0.121. The number of unbranched alkanes of at least 4 members (excludes halogenated alkanes) is 1. The quantitative estimate of drug-likeness (QED) is 0.453. The van der Waals surface area contributed by atoms with Gasteiger partial charge in [-0.1, -0.05) is 55.3 Å². The van der Waals surface area contributed by atoms with E-state index < -0.39 is 17.7 Å². The van der Waals surface area contributed by atoms with Gasteiger partial charge >= 0.3 is 0 Å². The fourth-order valence-corrected chi connectivity index (χ4v) is 3.61. The minimum Gasteiger partial charge on any atom is -0.507 e. The van der Waals surface area contributed by atoms with Crippen molar-refractivity contribution in [2.75, 3.05) is 25.5 Å². The number of anilines is 1. The zero-order valence-corrected chi connectivity index (χ0v) is 17.5. The van der Waals surface area contributed by atoms with Gasteiger partial charge in [-0.25, -0.2) is 0 Å². The minimum atomic E-state index is -0.624. The topological polar surface area (TPSA) is 60.9 Å². The van der Waals surface area contributed by atoms with E-state index in [2.05, 4.69) is 0 Å². The third-order valence-electron chi connectivity index (χ3n) is 5.34. The second-order valence-electron chi connectivity index (χ2n) is 7.70. The monoisotopic (exact) mass is 392 g/mol. The number of benzene rings is 2. The van der Waals surface area contributed by atoms with Gasteiger partial charge in [-0.3, -0.25) is 9.59 Å². The van der Waals surface area contributed by atoms with Gasteiger partial charge in [0.25, 0.3) is 11.7 Å². The van der Waals surface area contributed by atoms with E-state index in [-0.39, 0.29) is 11.3 Å². The lowest BCUT2D eigenvalue weighted by Crippen LogP contribution is -2.30. The van der Waals surface area contributed by atoms with Gasteiger partial charge in [-0.15, -0.1) is 0 Å². The number of carbonyl (C=O) groups excluding carboxylic acids is 2. The van der Waals surface area contributed by atoms with Gasteiger partial charge in [0.2, 0.25) is 0 Å². The highest BCUT2D eigenvalue weighted by atomic mass is 16.3. The average molecular weight is 392 g/mol. The van der Waals surface area contributed by atoms with Crippen LogP contribution in [0.15, 0.2) is 54.1 Å². The first-order chi connectivity index (χ1) is 13.8. The zero-order valence-electron chi connectivity index (χ0n) is 17.5. The lowest BCUT2D eigenvalue weighted by atomic mass is 9.94. The summed E-state index contributed by atoms with van der Waals surface area (Å²) in [6.45, 7) is 4.48. The van der Waals surface area contributed by atoms with Crippen LogP contribution in [0.3, 0.4) is 0 Å². The van der Waals surface area contributed by atoms with Crippen molar-refractivity contribution in [3.8, 4) is 0 Å². The van der Waals surface area contributed by atoms with Gasteiger partial charge in [-0.2, -0.15) is 0 Å². The van der Waals surface area contributed by atoms with Gasteiger partial charge in [0.15, 0.2) is 0 Å². The summed E-state index contributed by atoms with van der Waals surface area (Å²) in [4.78, 5) is 29.3. The molecule has 1 N–H and O–H groups in total. The molecule has 29 heavy (non-hydrogen) atoms. The number of aryl methyl sites for hydroxylation is 1. The Morgan fingerprint density at radius 3 is 2.21 bits per heavy atom. The van der Waals surface area contributed by atoms with Crippen molar-refractivity contribution in [1.29, 1.82) is 0 Å². The molecule has 5 nitrogen and oxygen atoms in total. The largest absolute Gasteiger partial charge is 0.507 e. The summed E-state index contributed by atoms with van der Waals surface area (Å²) < 4.78 is 0. The predicted molar refractivity (Wildman–Crippen MR) is 116 cm³/mol. The van der Waals surface area contributed by atoms with Crippen LogP contribution in [-0.2, 0) is 9.59 Å². The number of Topliss-reactive ketones (excluding diaryl/α,β-unsaturated/α-hetero) is 1. The second kappa shape index (κ2) is 8.52. The van der Waals surface area contributed by atoms with Crippen LogP contribution >= 0.6 is 0 Å². The smallest absolute Gasteiger partial charge is 0.295 e. The maximum atomic E-state index is 12.9. The van der Waals surface area contributed by atoms with Crippen molar-refractivity contribution < 1.29 is 14.7 Å². The normalized spacial score (nSPS) is 18.3. The van der Waals surface area contributed by atoms with Gasteiger partial charge in [-0.05, 0) is 31.0 Å². The van der Waals surface area contributed by atoms with Crippen LogP contribution in [0.25, 0.3) is 5.76 Å². The highest BCUT2D eigenvalue weighted by Gasteiger charge is 2.45. The van der Waals surface area contributed by atoms with Crippen LogP contribution in [0.5, 0.6) is 0 Å². The van der Waals surface area contributed by atoms with Crippen LogP contribution in [0.2, 0.25) is 0 Å². The van der Waals surface area contributed by atoms with Crippen molar-refractivity contribution in [2.24, 2.45) is 0 Å². The Morgan fingerprint density at radius 2 is 1.66 bits per heavy atom. The van der Waals surface area contributed by atoms with Crippen LogP contribution in [0, 0.1) is 6.92 Å². The first-order valence-electron chi connectivity index (χ1n) is 9.98. The molecule has 0 radical (unpaired) electrons. The van der Waals surface area contributed by atoms with Crippen LogP contribution < -0.4 is 4.90 Å². The summed E-state index contributed by atoms with van der Waals surface area (Å²) in [7, 11) is 3.92. The summed E-state index contributed by atoms with van der Waals surface area (Å²) in [5, 5.41) is 11.0. The summed E-state index contributed by atoms with van der Waals surface area (Å²) in [6, 6.07) is 14.5. The molecule has 1 aliphatic heterocycles. The summed E-state index contributed by atoms with van der Waals surface area (Å²) >= 11 is 0. The molecule has 0 saturated carbocycles. The van der Waals surface area contributed by atoms with Gasteiger partial charge < -0.3 is 14.9 Å². The summed E-state index contributed by atoms with van der Waals surface area (Å²) in [5.41, 5.74) is 3.60. The van der Waals surface area contributed by atoms with E-state index in [1.54, 1.807) is 17.0 Å². The molecule has 1 atom stereocenters. The molecule has 0 spiro atoms. The maximum Gasteiger partial charge on any atom is 0.295 e. The van der Waals surface area contributed by atoms with Gasteiger partial charge in [0.1, 0.15) is 5.76 Å². The highest BCUT2D eigenvalue weighted by Crippen LogP contribution is 2.39. The number of aliphatic hydroxyl groups is 1. The molecular formula is C24H28N2O3. The molecule has 5 heteroatoms. The van der Waals surface area contributed by atoms with E-state index in [0.29, 0.717) is 12.1 Å². The molecular weight excluding hydrogens is 364 g/mol. The molecule has 152 valence electrons. The number of hydrogen-bond donors (Lipinski definition) is 1. The van der Waals surface area contributed by atoms with Crippen molar-refractivity contribution in [3.63, 3.8) is 0 Å². The molecule has 1 heterocycles. The molecule has 1 fully saturated rings. The summed E-state index contributed by atoms with van der Waals surface area (Å²) in [6.07, 6.45) is 1.71. The zero-order chi connectivity index (χ0) is 21.1. The molecule has 1 saturated heterocycles. The van der Waals surface area contributed by atoms with E-state index in [1.165, 1.54) is 0 Å². The average Bonchev–Trinajstić information content (AvgIpc) is 2.97. The van der Waals surface area contributed by atoms with E-state index in [4.69, 9.17) is 0 Å². The maximum absolute atomic E-state index is 12.9. The first kappa shape index (κ1) is 20.6. The van der Waals surface area contributed by atoms with Crippen molar-refractivity contribution in [3.05, 3.63) is 70.8 Å². The van der Waals surface area contributed by atoms with Crippen LogP contribution in [0.4, 0.5) is 5.69 Å². The Hall–Kier alpha value is -3.08. The van der Waals surface area contributed by atoms with Crippen molar-refractivity contribution in [2.45, 2.75) is 32.7 Å². The van der Waals surface area contributed by atoms with E-state index in [9.17, 15) is 14.7 Å². The van der Waals surface area contributed by atoms with E-state index in [1.807, 2.05) is 69.2 Å². The number of nitrogens with zero attached hydrogens (tertiary/aromatic N) is 2. The molecule has 1 amide bonds. The Bertz CT molecular complexity index is 928. The lowest BCUT2D eigenvalue weighted by Gasteiger charge is -2.25. The number of hydrogen-bond acceptors (Lipinski definition) is 4. The Morgan fingerprint density at radius 1 is 1.03 bits per heavy atom. The fraction of sp³-hybridized carbons (Fsp3) is 0.333. The van der Waals surface area contributed by atoms with Crippen molar-refractivity contribution >= 4 is 23.1 Å². The molecule has 0 aromatic heterocycles. The van der Waals surface area contributed by atoms with Gasteiger partial charge in [0.05, 0.1) is 11.6 Å². The lowest BCUT2D eigenvalue weighted by molar-refractivity contribution is -0.139. The van der Waals surface area contributed by atoms with Crippen LogP contribution in [-0.4, -0.2) is 42.3 Å². The number of ketones is 1. The molecule has 2 aromatic rings. The van der Waals surface area contributed by atoms with E-state index in [0.717, 1.165) is 29.7 Å². The van der Waals surface area contributed by atoms with E-state index >= 15 is 0 Å². The Labute approximate surface area is 172 Å². The number of rotatable bonds is 6. The third-order valence-corrected chi connectivity index (χ3v) is 5.34. The SMILES string of the molecule is CCCCN1C(=O)C(=O)/C(=C(/O)c2ccc(C)cc2)[C@@H]1c1ccc(N(C)C)cc1. The Kier molecular flexibility index (Phi) is 6.06. The fourth-order valence-electron chi connectivity index (χ4n) is 3.61. The van der Waals surface area contributed by atoms with Crippen molar-refractivity contribution in [1.82, 2.24) is 4.90 Å². The molecule has 2 aromatic carbocycles. The second-order valence-corrected chi connectivity index (χ2v) is 7.70. The standard InChI is InChI=1S/C24H28N2O3/c1-5-6-15-26-21(17-11-13-19(14-12-17)25(3)4)20(23(28)24(26)29)22(27)18-9-7-16(2)8-10-18/h7-14,21,27H,5-6,15H2,1-4H3/b22-20+/t21-/m0/s1. The molecule has 0 bridgehead atoms. The molecule has 1 aliphatic rings. The highest BCUT2D eigenvalue weighted by molar-refractivity contribution is 6.46.